The number of anilines is 1. The van der Waals surface area contributed by atoms with Crippen molar-refractivity contribution in [2.45, 2.75) is 45.8 Å². The van der Waals surface area contributed by atoms with Crippen molar-refractivity contribution in [2.75, 3.05) is 30.3 Å². The number of benzene rings is 2. The molecule has 1 heterocycles. The number of rotatable bonds is 12. The Morgan fingerprint density at radius 2 is 1.77 bits per heavy atom. The monoisotopic (exact) mass is 497 g/mol. The molecule has 3 rings (SSSR count). The fourth-order valence-electron chi connectivity index (χ4n) is 3.81. The van der Waals surface area contributed by atoms with Crippen LogP contribution < -0.4 is 10.2 Å². The number of hydrogen-bond donors (Lipinski definition) is 1. The number of hydrogen-bond acceptors (Lipinski definition) is 6. The van der Waals surface area contributed by atoms with Crippen LogP contribution in [-0.4, -0.2) is 51.8 Å². The number of nitrogens with zero attached hydrogens (tertiary/aromatic N) is 4. The van der Waals surface area contributed by atoms with Crippen LogP contribution in [0.2, 0.25) is 0 Å². The molecular formula is C26H32FN5O2S. The lowest BCUT2D eigenvalue weighted by Gasteiger charge is -2.21. The molecule has 0 atom stereocenters. The molecule has 186 valence electrons. The summed E-state index contributed by atoms with van der Waals surface area (Å²) in [6.45, 7) is 10.6. The zero-order valence-electron chi connectivity index (χ0n) is 20.7. The fourth-order valence-corrected chi connectivity index (χ4v) is 4.71. The molecular weight excluding hydrogens is 465 g/mol. The predicted octanol–water partition coefficient (Wildman–Crippen LogP) is 4.60. The molecule has 0 spiro atoms. The van der Waals surface area contributed by atoms with Gasteiger partial charge in [0.05, 0.1) is 5.75 Å². The highest BCUT2D eigenvalue weighted by atomic mass is 32.2. The number of nitrogens with one attached hydrogen (secondary N) is 1. The summed E-state index contributed by atoms with van der Waals surface area (Å²) in [6.07, 6.45) is 0.368. The van der Waals surface area contributed by atoms with Crippen molar-refractivity contribution in [1.29, 1.82) is 0 Å². The predicted molar refractivity (Wildman–Crippen MR) is 139 cm³/mol. The Bertz CT molecular complexity index is 1160. The van der Waals surface area contributed by atoms with Gasteiger partial charge in [0, 0.05) is 49.9 Å². The van der Waals surface area contributed by atoms with E-state index in [9.17, 15) is 14.0 Å². The highest BCUT2D eigenvalue weighted by Crippen LogP contribution is 2.26. The minimum atomic E-state index is -0.446. The van der Waals surface area contributed by atoms with Gasteiger partial charge in [-0.3, -0.25) is 9.59 Å². The van der Waals surface area contributed by atoms with Crippen LogP contribution in [0.3, 0.4) is 0 Å². The van der Waals surface area contributed by atoms with Gasteiger partial charge < -0.3 is 14.8 Å². The molecule has 9 heteroatoms. The molecule has 0 saturated carbocycles. The third-order valence-corrected chi connectivity index (χ3v) is 6.73. The van der Waals surface area contributed by atoms with Gasteiger partial charge in [0.15, 0.2) is 16.8 Å². The number of aromatic nitrogens is 3. The first kappa shape index (κ1) is 26.4. The van der Waals surface area contributed by atoms with Crippen LogP contribution in [0, 0.1) is 5.82 Å². The van der Waals surface area contributed by atoms with Gasteiger partial charge in [-0.15, -0.1) is 10.2 Å². The quantitative estimate of drug-likeness (QED) is 0.291. The van der Waals surface area contributed by atoms with Crippen molar-refractivity contribution in [2.24, 2.45) is 0 Å². The molecule has 2 aromatic carbocycles. The third kappa shape index (κ3) is 6.69. The molecule has 0 radical (unpaired) electrons. The summed E-state index contributed by atoms with van der Waals surface area (Å²) in [5.41, 5.74) is 2.90. The van der Waals surface area contributed by atoms with E-state index in [1.54, 1.807) is 12.1 Å². The number of carbonyl (C=O) groups excluding carboxylic acids is 2. The van der Waals surface area contributed by atoms with Crippen LogP contribution in [0.1, 0.15) is 43.6 Å². The van der Waals surface area contributed by atoms with Crippen LogP contribution in [0.5, 0.6) is 0 Å². The Morgan fingerprint density at radius 1 is 1.06 bits per heavy atom. The summed E-state index contributed by atoms with van der Waals surface area (Å²) < 4.78 is 16.4. The van der Waals surface area contributed by atoms with Crippen molar-refractivity contribution >= 4 is 29.1 Å². The summed E-state index contributed by atoms with van der Waals surface area (Å²) in [6, 6.07) is 12.7. The summed E-state index contributed by atoms with van der Waals surface area (Å²) in [5.74, 6) is 0.0949. The van der Waals surface area contributed by atoms with Crippen LogP contribution in [0.4, 0.5) is 10.1 Å². The molecule has 0 bridgehead atoms. The Kier molecular flexibility index (Phi) is 9.42. The number of carbonyl (C=O) groups is 2. The average molecular weight is 498 g/mol. The van der Waals surface area contributed by atoms with Gasteiger partial charge in [-0.2, -0.15) is 0 Å². The lowest BCUT2D eigenvalue weighted by Crippen LogP contribution is -2.22. The van der Waals surface area contributed by atoms with Crippen LogP contribution in [-0.2, 0) is 17.8 Å². The van der Waals surface area contributed by atoms with Crippen LogP contribution in [0.25, 0.3) is 11.4 Å². The maximum Gasteiger partial charge on any atom is 0.216 e. The average Bonchev–Trinajstić information content (AvgIpc) is 3.27. The highest BCUT2D eigenvalue weighted by Gasteiger charge is 2.16. The normalized spacial score (nSPS) is 10.9. The van der Waals surface area contributed by atoms with Gasteiger partial charge >= 0.3 is 0 Å². The van der Waals surface area contributed by atoms with E-state index in [1.807, 2.05) is 23.6 Å². The summed E-state index contributed by atoms with van der Waals surface area (Å²) >= 11 is 1.29. The number of amides is 1. The van der Waals surface area contributed by atoms with Gasteiger partial charge in [0.25, 0.3) is 0 Å². The second-order valence-corrected chi connectivity index (χ2v) is 8.96. The summed E-state index contributed by atoms with van der Waals surface area (Å²) in [4.78, 5) is 26.0. The van der Waals surface area contributed by atoms with Gasteiger partial charge in [-0.1, -0.05) is 23.9 Å². The molecule has 35 heavy (non-hydrogen) atoms. The van der Waals surface area contributed by atoms with Crippen molar-refractivity contribution < 1.29 is 14.0 Å². The zero-order valence-corrected chi connectivity index (χ0v) is 21.5. The fraction of sp³-hybridized carbons (Fsp3) is 0.385. The van der Waals surface area contributed by atoms with Crippen molar-refractivity contribution in [3.05, 3.63) is 59.4 Å². The lowest BCUT2D eigenvalue weighted by atomic mass is 10.1. The van der Waals surface area contributed by atoms with Crippen LogP contribution in [0.15, 0.2) is 47.6 Å². The van der Waals surface area contributed by atoms with E-state index in [0.29, 0.717) is 35.8 Å². The zero-order chi connectivity index (χ0) is 25.4. The van der Waals surface area contributed by atoms with E-state index in [2.05, 4.69) is 46.4 Å². The Morgan fingerprint density at radius 3 is 2.37 bits per heavy atom. The SMILES string of the molecule is CCN(CC)c1ccc(-c2nnc(SCC(=O)c3ccc(CCNC(C)=O)c(F)c3)n2CC)cc1. The second kappa shape index (κ2) is 12.5. The maximum atomic E-state index is 14.4. The molecule has 0 aliphatic heterocycles. The lowest BCUT2D eigenvalue weighted by molar-refractivity contribution is -0.118. The standard InChI is InChI=1S/C26H32FN5O2S/c1-5-31(6-2)22-12-10-20(11-13-22)25-29-30-26(32(25)7-3)35-17-24(34)21-9-8-19(23(27)16-21)14-15-28-18(4)33/h8-13,16H,5-7,14-15,17H2,1-4H3,(H,28,33). The van der Waals surface area contributed by atoms with Gasteiger partial charge in [-0.05, 0) is 63.1 Å². The van der Waals surface area contributed by atoms with E-state index in [0.717, 1.165) is 30.2 Å². The molecule has 3 aromatic rings. The first-order valence-corrected chi connectivity index (χ1v) is 12.8. The Hall–Kier alpha value is -3.20. The molecule has 0 fully saturated rings. The van der Waals surface area contributed by atoms with Gasteiger partial charge in [0.2, 0.25) is 5.91 Å². The van der Waals surface area contributed by atoms with Gasteiger partial charge in [-0.25, -0.2) is 4.39 Å². The van der Waals surface area contributed by atoms with Crippen LogP contribution >= 0.6 is 11.8 Å². The molecule has 0 saturated heterocycles. The van der Waals surface area contributed by atoms with E-state index in [-0.39, 0.29) is 17.4 Å². The summed E-state index contributed by atoms with van der Waals surface area (Å²) in [5, 5.41) is 12.0. The van der Waals surface area contributed by atoms with Gasteiger partial charge in [0.1, 0.15) is 5.82 Å². The first-order chi connectivity index (χ1) is 16.9. The maximum absolute atomic E-state index is 14.4. The smallest absolute Gasteiger partial charge is 0.216 e. The largest absolute Gasteiger partial charge is 0.372 e. The minimum absolute atomic E-state index is 0.129. The number of halogens is 1. The summed E-state index contributed by atoms with van der Waals surface area (Å²) in [7, 11) is 0. The number of Topliss-reactive ketones (excluding diaryl/α,β-unsaturated/α-hetero) is 1. The molecule has 0 unspecified atom stereocenters. The minimum Gasteiger partial charge on any atom is -0.372 e. The molecule has 1 amide bonds. The molecule has 1 aromatic heterocycles. The second-order valence-electron chi connectivity index (χ2n) is 8.02. The topological polar surface area (TPSA) is 80.1 Å². The molecule has 0 aliphatic carbocycles. The third-order valence-electron chi connectivity index (χ3n) is 5.76. The Balaban J connectivity index is 1.67. The van der Waals surface area contributed by atoms with Crippen molar-refractivity contribution in [3.8, 4) is 11.4 Å². The first-order valence-electron chi connectivity index (χ1n) is 11.8. The van der Waals surface area contributed by atoms with Crippen molar-refractivity contribution in [3.63, 3.8) is 0 Å². The van der Waals surface area contributed by atoms with E-state index in [4.69, 9.17) is 0 Å². The van der Waals surface area contributed by atoms with Crippen molar-refractivity contribution in [1.82, 2.24) is 20.1 Å². The number of thioether (sulfide) groups is 1. The van der Waals surface area contributed by atoms with E-state index in [1.165, 1.54) is 24.8 Å². The Labute approximate surface area is 210 Å². The highest BCUT2D eigenvalue weighted by molar-refractivity contribution is 7.99. The molecule has 0 aliphatic rings. The van der Waals surface area contributed by atoms with E-state index < -0.39 is 5.82 Å². The molecule has 7 nitrogen and oxygen atoms in total. The van der Waals surface area contributed by atoms with E-state index >= 15 is 0 Å². The molecule has 1 N–H and O–H groups in total. The number of ketones is 1.